The summed E-state index contributed by atoms with van der Waals surface area (Å²) in [6, 6.07) is 0. The quantitative estimate of drug-likeness (QED) is 0.509. The zero-order valence-corrected chi connectivity index (χ0v) is 5.42. The molecule has 1 nitrogen and oxygen atoms in total. The van der Waals surface area contributed by atoms with E-state index in [9.17, 15) is 0 Å². The monoisotopic (exact) mass is 117 g/mol. The maximum Gasteiger partial charge on any atom is 0.0503 e. The molecule has 1 unspecified atom stereocenters. The zero-order valence-electron chi connectivity index (χ0n) is 4.61. The number of hydrogen-bond donors (Lipinski definition) is 1. The van der Waals surface area contributed by atoms with Crippen LogP contribution in [0.25, 0.3) is 0 Å². The van der Waals surface area contributed by atoms with Crippen molar-refractivity contribution in [3.63, 3.8) is 0 Å². The van der Waals surface area contributed by atoms with Crippen molar-refractivity contribution in [2.75, 3.05) is 12.3 Å². The Balaban J connectivity index is 2.12. The minimum Gasteiger partial charge on any atom is -0.306 e. The second-order valence-corrected chi connectivity index (χ2v) is 3.27. The Hall–Kier alpha value is 0.310. The van der Waals surface area contributed by atoms with Gasteiger partial charge in [0.05, 0.1) is 5.37 Å². The molecule has 0 saturated carbocycles. The van der Waals surface area contributed by atoms with Crippen LogP contribution in [0.1, 0.15) is 13.3 Å². The van der Waals surface area contributed by atoms with Crippen molar-refractivity contribution in [2.24, 2.45) is 0 Å². The summed E-state index contributed by atoms with van der Waals surface area (Å²) in [7, 11) is 0. The molecule has 0 aromatic carbocycles. The van der Waals surface area contributed by atoms with E-state index < -0.39 is 0 Å². The third-order valence-corrected chi connectivity index (χ3v) is 2.31. The highest BCUT2D eigenvalue weighted by Gasteiger charge is 2.04. The van der Waals surface area contributed by atoms with Gasteiger partial charge in [-0.15, -0.1) is 11.8 Å². The van der Waals surface area contributed by atoms with Crippen LogP contribution >= 0.6 is 11.8 Å². The van der Waals surface area contributed by atoms with E-state index in [1.807, 2.05) is 11.8 Å². The molecule has 1 fully saturated rings. The summed E-state index contributed by atoms with van der Waals surface area (Å²) in [5, 5.41) is 4.05. The van der Waals surface area contributed by atoms with E-state index >= 15 is 0 Å². The lowest BCUT2D eigenvalue weighted by Gasteiger charge is -2.17. The lowest BCUT2D eigenvalue weighted by atomic mass is 10.5. The number of nitrogens with one attached hydrogen (secondary N) is 1. The maximum absolute atomic E-state index is 3.34. The Bertz CT molecular complexity index is 50.0. The Morgan fingerprint density at radius 1 is 1.71 bits per heavy atom. The van der Waals surface area contributed by atoms with Gasteiger partial charge in [0.25, 0.3) is 0 Å². The average molecular weight is 117 g/mol. The minimum atomic E-state index is 0.703. The van der Waals surface area contributed by atoms with Gasteiger partial charge in [-0.25, -0.2) is 0 Å². The Labute approximate surface area is 48.9 Å². The van der Waals surface area contributed by atoms with E-state index in [1.54, 1.807) is 0 Å². The van der Waals surface area contributed by atoms with Crippen molar-refractivity contribution in [3.8, 4) is 0 Å². The number of hydrogen-bond acceptors (Lipinski definition) is 2. The molecule has 0 bridgehead atoms. The van der Waals surface area contributed by atoms with Crippen LogP contribution in [-0.2, 0) is 0 Å². The largest absolute Gasteiger partial charge is 0.306 e. The van der Waals surface area contributed by atoms with Crippen LogP contribution in [0.5, 0.6) is 0 Å². The first-order valence-electron chi connectivity index (χ1n) is 2.74. The molecule has 1 atom stereocenters. The minimum absolute atomic E-state index is 0.703. The lowest BCUT2D eigenvalue weighted by molar-refractivity contribution is 0.652. The van der Waals surface area contributed by atoms with Gasteiger partial charge in [-0.05, 0) is 25.6 Å². The van der Waals surface area contributed by atoms with Crippen molar-refractivity contribution in [3.05, 3.63) is 0 Å². The number of thioether (sulfide) groups is 1. The zero-order chi connectivity index (χ0) is 5.11. The van der Waals surface area contributed by atoms with E-state index in [0.29, 0.717) is 5.37 Å². The van der Waals surface area contributed by atoms with Crippen molar-refractivity contribution in [1.82, 2.24) is 5.32 Å². The van der Waals surface area contributed by atoms with Crippen molar-refractivity contribution in [2.45, 2.75) is 18.7 Å². The Kier molecular flexibility index (Phi) is 2.00. The fourth-order valence-electron chi connectivity index (χ4n) is 0.697. The highest BCUT2D eigenvalue weighted by molar-refractivity contribution is 7.99. The molecule has 0 aliphatic carbocycles. The summed E-state index contributed by atoms with van der Waals surface area (Å²) in [6.07, 6.45) is 1.34. The highest BCUT2D eigenvalue weighted by Crippen LogP contribution is 2.12. The molecule has 2 heteroatoms. The molecule has 42 valence electrons. The van der Waals surface area contributed by atoms with Gasteiger partial charge < -0.3 is 5.32 Å². The second kappa shape index (κ2) is 2.58. The predicted molar refractivity (Wildman–Crippen MR) is 34.5 cm³/mol. The normalized spacial score (nSPS) is 33.0. The first-order chi connectivity index (χ1) is 3.39. The fraction of sp³-hybridized carbons (Fsp3) is 1.00. The van der Waals surface area contributed by atoms with Crippen molar-refractivity contribution < 1.29 is 0 Å². The molecule has 0 aromatic heterocycles. The van der Waals surface area contributed by atoms with Crippen LogP contribution in [-0.4, -0.2) is 17.7 Å². The summed E-state index contributed by atoms with van der Waals surface area (Å²) in [5.41, 5.74) is 0. The topological polar surface area (TPSA) is 12.0 Å². The summed E-state index contributed by atoms with van der Waals surface area (Å²) in [4.78, 5) is 0. The van der Waals surface area contributed by atoms with E-state index in [4.69, 9.17) is 0 Å². The van der Waals surface area contributed by atoms with E-state index in [-0.39, 0.29) is 0 Å². The van der Waals surface area contributed by atoms with Gasteiger partial charge in [0, 0.05) is 0 Å². The molecule has 1 heterocycles. The van der Waals surface area contributed by atoms with Gasteiger partial charge in [-0.1, -0.05) is 0 Å². The van der Waals surface area contributed by atoms with Gasteiger partial charge >= 0.3 is 0 Å². The smallest absolute Gasteiger partial charge is 0.0503 e. The lowest BCUT2D eigenvalue weighted by Crippen LogP contribution is -2.28. The molecule has 1 saturated heterocycles. The van der Waals surface area contributed by atoms with Crippen LogP contribution in [0.2, 0.25) is 0 Å². The standard InChI is InChI=1S/C5H11NS/c1-5-6-3-2-4-7-5/h5-6H,2-4H2,1H3. The van der Waals surface area contributed by atoms with Crippen molar-refractivity contribution >= 4 is 11.8 Å². The van der Waals surface area contributed by atoms with Crippen LogP contribution in [0.15, 0.2) is 0 Å². The fourth-order valence-corrected chi connectivity index (χ4v) is 1.60. The molecule has 0 amide bonds. The molecule has 0 aromatic rings. The van der Waals surface area contributed by atoms with E-state index in [2.05, 4.69) is 12.2 Å². The van der Waals surface area contributed by atoms with Gasteiger partial charge in [0.2, 0.25) is 0 Å². The molecule has 1 aliphatic rings. The van der Waals surface area contributed by atoms with Gasteiger partial charge in [0.15, 0.2) is 0 Å². The predicted octanol–water partition coefficient (Wildman–Crippen LogP) is 1.06. The molecule has 0 spiro atoms. The Morgan fingerprint density at radius 2 is 2.57 bits per heavy atom. The van der Waals surface area contributed by atoms with E-state index in [1.165, 1.54) is 18.7 Å². The highest BCUT2D eigenvalue weighted by atomic mass is 32.2. The van der Waals surface area contributed by atoms with Crippen LogP contribution < -0.4 is 5.32 Å². The van der Waals surface area contributed by atoms with Crippen LogP contribution in [0.3, 0.4) is 0 Å². The molecule has 0 radical (unpaired) electrons. The Morgan fingerprint density at radius 3 is 2.86 bits per heavy atom. The van der Waals surface area contributed by atoms with Crippen LogP contribution in [0.4, 0.5) is 0 Å². The summed E-state index contributed by atoms with van der Waals surface area (Å²) in [6.45, 7) is 3.43. The first kappa shape index (κ1) is 5.45. The molecular formula is C5H11NS. The number of rotatable bonds is 0. The third kappa shape index (κ3) is 1.70. The first-order valence-corrected chi connectivity index (χ1v) is 3.79. The summed E-state index contributed by atoms with van der Waals surface area (Å²) >= 11 is 2.01. The van der Waals surface area contributed by atoms with Gasteiger partial charge in [-0.2, -0.15) is 0 Å². The molecular weight excluding hydrogens is 106 g/mol. The maximum atomic E-state index is 3.34. The second-order valence-electron chi connectivity index (χ2n) is 1.82. The molecule has 7 heavy (non-hydrogen) atoms. The van der Waals surface area contributed by atoms with Gasteiger partial charge in [0.1, 0.15) is 0 Å². The molecule has 1 rings (SSSR count). The van der Waals surface area contributed by atoms with Gasteiger partial charge in [-0.3, -0.25) is 0 Å². The SMILES string of the molecule is CC1NCCCS1. The molecule has 1 N–H and O–H groups in total. The summed E-state index contributed by atoms with van der Waals surface area (Å²) in [5.74, 6) is 1.34. The summed E-state index contributed by atoms with van der Waals surface area (Å²) < 4.78 is 0. The average Bonchev–Trinajstić information content (AvgIpc) is 1.69. The molecule has 1 aliphatic heterocycles. The van der Waals surface area contributed by atoms with Crippen molar-refractivity contribution in [1.29, 1.82) is 0 Å². The van der Waals surface area contributed by atoms with Crippen LogP contribution in [0, 0.1) is 0 Å². The third-order valence-electron chi connectivity index (χ3n) is 1.12. The van der Waals surface area contributed by atoms with E-state index in [0.717, 1.165) is 0 Å².